The molecule has 2 aliphatic rings. The van der Waals surface area contributed by atoms with E-state index in [-0.39, 0.29) is 11.0 Å². The summed E-state index contributed by atoms with van der Waals surface area (Å²) in [5.41, 5.74) is 9.60. The number of fused-ring (bicyclic) bond motifs is 5. The largest absolute Gasteiger partial charge is 0.334 e. The molecular formula is C40H35N. The van der Waals surface area contributed by atoms with Gasteiger partial charge in [0.1, 0.15) is 0 Å². The Balaban J connectivity index is 1.32. The van der Waals surface area contributed by atoms with E-state index in [1.165, 1.54) is 86.4 Å². The Hall–Kier alpha value is -4.36. The second-order valence-electron chi connectivity index (χ2n) is 12.4. The minimum atomic E-state index is 0.0766. The van der Waals surface area contributed by atoms with Crippen molar-refractivity contribution in [2.75, 3.05) is 4.90 Å². The van der Waals surface area contributed by atoms with Crippen LogP contribution in [0.5, 0.6) is 0 Å². The van der Waals surface area contributed by atoms with E-state index in [0.29, 0.717) is 0 Å². The lowest BCUT2D eigenvalue weighted by Crippen LogP contribution is -2.54. The predicted octanol–water partition coefficient (Wildman–Crippen LogP) is 11.1. The van der Waals surface area contributed by atoms with E-state index >= 15 is 0 Å². The number of benzene rings is 6. The van der Waals surface area contributed by atoms with E-state index in [2.05, 4.69) is 146 Å². The maximum Gasteiger partial charge on any atom is 0.0517 e. The van der Waals surface area contributed by atoms with Crippen molar-refractivity contribution in [1.29, 1.82) is 0 Å². The molecule has 1 fully saturated rings. The molecular weight excluding hydrogens is 494 g/mol. The summed E-state index contributed by atoms with van der Waals surface area (Å²) in [7, 11) is 0. The summed E-state index contributed by atoms with van der Waals surface area (Å²) in [4.78, 5) is 2.67. The molecule has 0 N–H and O–H groups in total. The summed E-state index contributed by atoms with van der Waals surface area (Å²) in [6, 6.07) is 47.3. The van der Waals surface area contributed by atoms with Gasteiger partial charge in [0, 0.05) is 16.8 Å². The lowest BCUT2D eigenvalue weighted by atomic mass is 9.61. The maximum absolute atomic E-state index is 2.67. The lowest BCUT2D eigenvalue weighted by molar-refractivity contribution is 0.195. The zero-order valence-corrected chi connectivity index (χ0v) is 23.9. The molecule has 0 spiro atoms. The molecule has 1 heterocycles. The fourth-order valence-corrected chi connectivity index (χ4v) is 8.23. The molecule has 0 amide bonds. The number of rotatable bonds is 3. The van der Waals surface area contributed by atoms with Gasteiger partial charge >= 0.3 is 0 Å². The molecule has 6 aromatic carbocycles. The van der Waals surface area contributed by atoms with Crippen molar-refractivity contribution < 1.29 is 0 Å². The Labute approximate surface area is 243 Å². The zero-order valence-electron chi connectivity index (χ0n) is 23.9. The van der Waals surface area contributed by atoms with Crippen molar-refractivity contribution >= 4 is 32.9 Å². The van der Waals surface area contributed by atoms with Crippen molar-refractivity contribution in [3.05, 3.63) is 133 Å². The molecule has 1 aliphatic carbocycles. The molecule has 200 valence electrons. The van der Waals surface area contributed by atoms with E-state index in [0.717, 1.165) is 0 Å². The Morgan fingerprint density at radius 3 is 1.59 bits per heavy atom. The molecule has 1 aliphatic heterocycles. The second kappa shape index (κ2) is 9.08. The minimum Gasteiger partial charge on any atom is -0.334 e. The van der Waals surface area contributed by atoms with Gasteiger partial charge in [0.15, 0.2) is 0 Å². The summed E-state index contributed by atoms with van der Waals surface area (Å²) in [6.45, 7) is 5.01. The number of para-hydroxylation sites is 1. The van der Waals surface area contributed by atoms with Crippen LogP contribution < -0.4 is 4.90 Å². The quantitative estimate of drug-likeness (QED) is 0.206. The summed E-state index contributed by atoms with van der Waals surface area (Å²) in [5, 5.41) is 5.21. The van der Waals surface area contributed by atoms with Gasteiger partial charge in [-0.05, 0) is 87.3 Å². The minimum absolute atomic E-state index is 0.0766. The first-order valence-electron chi connectivity index (χ1n) is 15.1. The standard InChI is InChI=1S/C40H35N/c1-39-26-12-13-27-40(39,2)41(36-21-11-10-20-35(36)39)30-24-22-29(23-25-30)38-33-18-8-6-16-31(33)37(28-14-4-3-5-15-28)32-17-7-9-19-34(32)38/h3-11,14-25H,12-13,26-27H2,1-2H3. The zero-order chi connectivity index (χ0) is 27.6. The molecule has 41 heavy (non-hydrogen) atoms. The fourth-order valence-electron chi connectivity index (χ4n) is 8.23. The average molecular weight is 530 g/mol. The third-order valence-corrected chi connectivity index (χ3v) is 10.4. The van der Waals surface area contributed by atoms with Crippen LogP contribution in [0.4, 0.5) is 11.4 Å². The summed E-state index contributed by atoms with van der Waals surface area (Å²) >= 11 is 0. The van der Waals surface area contributed by atoms with Gasteiger partial charge in [-0.3, -0.25) is 0 Å². The summed E-state index contributed by atoms with van der Waals surface area (Å²) in [6.07, 6.45) is 5.07. The van der Waals surface area contributed by atoms with Gasteiger partial charge in [-0.2, -0.15) is 0 Å². The topological polar surface area (TPSA) is 3.24 Å². The lowest BCUT2D eigenvalue weighted by Gasteiger charge is -2.50. The number of anilines is 2. The number of hydrogen-bond acceptors (Lipinski definition) is 1. The highest BCUT2D eigenvalue weighted by Crippen LogP contribution is 2.60. The average Bonchev–Trinajstić information content (AvgIpc) is 3.24. The van der Waals surface area contributed by atoms with E-state index < -0.39 is 0 Å². The van der Waals surface area contributed by atoms with Crippen LogP contribution in [0.1, 0.15) is 45.1 Å². The van der Waals surface area contributed by atoms with Crippen molar-refractivity contribution in [3.8, 4) is 22.3 Å². The van der Waals surface area contributed by atoms with E-state index in [1.807, 2.05) is 0 Å². The summed E-state index contributed by atoms with van der Waals surface area (Å²) < 4.78 is 0. The molecule has 8 rings (SSSR count). The molecule has 0 bridgehead atoms. The first kappa shape index (κ1) is 24.4. The van der Waals surface area contributed by atoms with E-state index in [4.69, 9.17) is 0 Å². The SMILES string of the molecule is CC12CCCCC1(C)N(c1ccc(-c3c4ccccc4c(-c4ccccc4)c4ccccc34)cc1)c1ccccc12. The van der Waals surface area contributed by atoms with Crippen LogP contribution >= 0.6 is 0 Å². The molecule has 0 aromatic heterocycles. The first-order valence-corrected chi connectivity index (χ1v) is 15.1. The third kappa shape index (κ3) is 3.42. The molecule has 1 nitrogen and oxygen atoms in total. The Morgan fingerprint density at radius 1 is 0.488 bits per heavy atom. The van der Waals surface area contributed by atoms with Gasteiger partial charge in [0.05, 0.1) is 5.54 Å². The van der Waals surface area contributed by atoms with Crippen LogP contribution in [0, 0.1) is 0 Å². The van der Waals surface area contributed by atoms with Crippen molar-refractivity contribution in [2.45, 2.75) is 50.5 Å². The van der Waals surface area contributed by atoms with Gasteiger partial charge < -0.3 is 4.90 Å². The molecule has 2 atom stereocenters. The van der Waals surface area contributed by atoms with Crippen LogP contribution in [0.15, 0.2) is 127 Å². The van der Waals surface area contributed by atoms with Crippen LogP contribution in [-0.2, 0) is 5.41 Å². The molecule has 2 unspecified atom stereocenters. The normalized spacial score (nSPS) is 21.7. The van der Waals surface area contributed by atoms with E-state index in [9.17, 15) is 0 Å². The number of hydrogen-bond donors (Lipinski definition) is 0. The summed E-state index contributed by atoms with van der Waals surface area (Å²) in [5.74, 6) is 0. The molecule has 0 radical (unpaired) electrons. The Bertz CT molecular complexity index is 1860. The monoisotopic (exact) mass is 529 g/mol. The van der Waals surface area contributed by atoms with Crippen LogP contribution in [0.25, 0.3) is 43.8 Å². The second-order valence-corrected chi connectivity index (χ2v) is 12.4. The fraction of sp³-hybridized carbons (Fsp3) is 0.200. The first-order chi connectivity index (χ1) is 20.1. The van der Waals surface area contributed by atoms with Gasteiger partial charge in [-0.25, -0.2) is 0 Å². The van der Waals surface area contributed by atoms with Crippen molar-refractivity contribution in [2.24, 2.45) is 0 Å². The highest BCUT2D eigenvalue weighted by Gasteiger charge is 2.57. The van der Waals surface area contributed by atoms with Crippen LogP contribution in [0.2, 0.25) is 0 Å². The molecule has 1 saturated carbocycles. The van der Waals surface area contributed by atoms with Crippen molar-refractivity contribution in [3.63, 3.8) is 0 Å². The van der Waals surface area contributed by atoms with Gasteiger partial charge in [-0.1, -0.05) is 129 Å². The third-order valence-electron chi connectivity index (χ3n) is 10.4. The van der Waals surface area contributed by atoms with Gasteiger partial charge in [0.25, 0.3) is 0 Å². The Kier molecular flexibility index (Phi) is 5.41. The van der Waals surface area contributed by atoms with Crippen LogP contribution in [0.3, 0.4) is 0 Å². The maximum atomic E-state index is 2.67. The predicted molar refractivity (Wildman–Crippen MR) is 175 cm³/mol. The van der Waals surface area contributed by atoms with Gasteiger partial charge in [-0.15, -0.1) is 0 Å². The molecule has 6 aromatic rings. The highest BCUT2D eigenvalue weighted by atomic mass is 15.2. The smallest absolute Gasteiger partial charge is 0.0517 e. The van der Waals surface area contributed by atoms with Crippen LogP contribution in [-0.4, -0.2) is 5.54 Å². The van der Waals surface area contributed by atoms with E-state index in [1.54, 1.807) is 0 Å². The number of nitrogens with zero attached hydrogens (tertiary/aromatic N) is 1. The molecule has 1 heteroatoms. The van der Waals surface area contributed by atoms with Gasteiger partial charge in [0.2, 0.25) is 0 Å². The Morgan fingerprint density at radius 2 is 0.976 bits per heavy atom. The van der Waals surface area contributed by atoms with Crippen molar-refractivity contribution in [1.82, 2.24) is 0 Å². The highest BCUT2D eigenvalue weighted by molar-refractivity contribution is 6.21. The molecule has 0 saturated heterocycles.